The topological polar surface area (TPSA) is 70.9 Å². The van der Waals surface area contributed by atoms with Gasteiger partial charge in [-0.25, -0.2) is 4.98 Å². The summed E-state index contributed by atoms with van der Waals surface area (Å²) >= 11 is 24.7. The lowest BCUT2D eigenvalue weighted by molar-refractivity contribution is -0.117. The van der Waals surface area contributed by atoms with Crippen molar-refractivity contribution >= 4 is 87.5 Å². The number of rotatable bonds is 7. The summed E-state index contributed by atoms with van der Waals surface area (Å²) in [5.41, 5.74) is 3.14. The first-order chi connectivity index (χ1) is 17.3. The van der Waals surface area contributed by atoms with E-state index in [1.165, 1.54) is 4.90 Å². The van der Waals surface area contributed by atoms with Crippen LogP contribution < -0.4 is 20.3 Å². The average molecular weight is 599 g/mol. The first-order valence-corrected chi connectivity index (χ1v) is 12.4. The van der Waals surface area contributed by atoms with Crippen molar-refractivity contribution in [1.29, 1.82) is 0 Å². The summed E-state index contributed by atoms with van der Waals surface area (Å²) < 4.78 is 7.75. The first kappa shape index (κ1) is 28.8. The number of aryl methyl sites for hydroxylation is 1. The molecule has 0 aliphatic heterocycles. The molecule has 0 fully saturated rings. The van der Waals surface area contributed by atoms with E-state index >= 15 is 0 Å². The van der Waals surface area contributed by atoms with E-state index in [1.54, 1.807) is 35.8 Å². The van der Waals surface area contributed by atoms with Crippen LogP contribution in [0, 0.1) is 6.92 Å². The van der Waals surface area contributed by atoms with Gasteiger partial charge in [0, 0.05) is 29.5 Å². The summed E-state index contributed by atoms with van der Waals surface area (Å²) in [5, 5.41) is 7.52. The van der Waals surface area contributed by atoms with Crippen LogP contribution in [0.3, 0.4) is 0 Å². The van der Waals surface area contributed by atoms with Gasteiger partial charge in [0.15, 0.2) is 16.5 Å². The van der Waals surface area contributed by atoms with Gasteiger partial charge in [0.2, 0.25) is 5.91 Å². The molecule has 0 spiro atoms. The van der Waals surface area contributed by atoms with Gasteiger partial charge in [0.25, 0.3) is 0 Å². The van der Waals surface area contributed by atoms with Crippen LogP contribution in [0.5, 0.6) is 5.75 Å². The zero-order chi connectivity index (χ0) is 25.8. The van der Waals surface area contributed by atoms with Crippen LogP contribution >= 0.6 is 59.4 Å². The van der Waals surface area contributed by atoms with Crippen molar-refractivity contribution in [3.05, 3.63) is 87.2 Å². The number of fused-ring (bicyclic) bond motifs is 1. The van der Waals surface area contributed by atoms with Crippen molar-refractivity contribution in [3.8, 4) is 5.75 Å². The van der Waals surface area contributed by atoms with Crippen LogP contribution in [0.2, 0.25) is 15.2 Å². The molecule has 7 nitrogen and oxygen atoms in total. The highest BCUT2D eigenvalue weighted by atomic mass is 35.5. The Morgan fingerprint density at radius 2 is 1.84 bits per heavy atom. The molecule has 37 heavy (non-hydrogen) atoms. The summed E-state index contributed by atoms with van der Waals surface area (Å²) in [4.78, 5) is 18.7. The number of para-hydroxylation sites is 1. The number of carbonyl (C=O) groups is 1. The van der Waals surface area contributed by atoms with Gasteiger partial charge in [-0.15, -0.1) is 12.4 Å². The number of pyridine rings is 1. The summed E-state index contributed by atoms with van der Waals surface area (Å²) in [7, 11) is 1.63. The molecule has 194 valence electrons. The summed E-state index contributed by atoms with van der Waals surface area (Å²) in [6.45, 7) is 1.87. The number of nitrogens with one attached hydrogen (secondary N) is 2. The highest BCUT2D eigenvalue weighted by Gasteiger charge is 2.19. The van der Waals surface area contributed by atoms with Crippen LogP contribution in [0.15, 0.2) is 60.8 Å². The van der Waals surface area contributed by atoms with Gasteiger partial charge >= 0.3 is 0 Å². The molecule has 0 atom stereocenters. The third kappa shape index (κ3) is 6.58. The molecule has 2 N–H and O–H groups in total. The van der Waals surface area contributed by atoms with Crippen LogP contribution in [-0.4, -0.2) is 34.0 Å². The molecule has 0 saturated heterocycles. The Hall–Kier alpha value is -2.75. The zero-order valence-corrected chi connectivity index (χ0v) is 23.7. The average Bonchev–Trinajstić information content (AvgIpc) is 3.16. The number of imidazole rings is 1. The number of hydrogen-bond donors (Lipinski definition) is 2. The molecular formula is C25H23Cl4N5O2S. The molecule has 0 aliphatic rings. The molecule has 4 rings (SSSR count). The van der Waals surface area contributed by atoms with Gasteiger partial charge < -0.3 is 20.3 Å². The van der Waals surface area contributed by atoms with Crippen molar-refractivity contribution in [2.75, 3.05) is 23.8 Å². The first-order valence-electron chi connectivity index (χ1n) is 10.9. The number of amides is 1. The maximum atomic E-state index is 12.8. The van der Waals surface area contributed by atoms with E-state index in [4.69, 9.17) is 51.8 Å². The van der Waals surface area contributed by atoms with Crippen molar-refractivity contribution in [1.82, 2.24) is 14.7 Å². The molecule has 4 aromatic rings. The van der Waals surface area contributed by atoms with E-state index in [1.807, 2.05) is 43.3 Å². The van der Waals surface area contributed by atoms with Crippen LogP contribution in [0.4, 0.5) is 11.4 Å². The fraction of sp³-hybridized carbons (Fsp3) is 0.160. The molecular weight excluding hydrogens is 576 g/mol. The lowest BCUT2D eigenvalue weighted by atomic mass is 10.2. The molecule has 12 heteroatoms. The molecule has 0 unspecified atom stereocenters. The molecule has 0 radical (unpaired) electrons. The molecule has 0 bridgehead atoms. The lowest BCUT2D eigenvalue weighted by Gasteiger charge is -2.22. The minimum Gasteiger partial charge on any atom is -0.485 e. The van der Waals surface area contributed by atoms with Gasteiger partial charge in [-0.05, 0) is 55.5 Å². The number of aromatic nitrogens is 2. The second kappa shape index (κ2) is 12.7. The fourth-order valence-corrected chi connectivity index (χ4v) is 4.45. The predicted molar refractivity (Wildman–Crippen MR) is 157 cm³/mol. The highest BCUT2D eigenvalue weighted by Crippen LogP contribution is 2.35. The normalized spacial score (nSPS) is 10.5. The van der Waals surface area contributed by atoms with E-state index in [-0.39, 0.29) is 31.5 Å². The number of benzene rings is 2. The Kier molecular flexibility index (Phi) is 9.87. The molecule has 0 saturated carbocycles. The Balaban J connectivity index is 0.00000380. The second-order valence-electron chi connectivity index (χ2n) is 7.83. The van der Waals surface area contributed by atoms with E-state index in [0.29, 0.717) is 48.7 Å². The molecule has 2 heterocycles. The van der Waals surface area contributed by atoms with E-state index < -0.39 is 0 Å². The maximum Gasteiger partial charge on any atom is 0.246 e. The SMILES string of the molecule is Cc1nc2c(OCc3c(Cl)ccc(N(C)C(=O)CNC(=S)Nc4ccccc4)c3Cl)cccn2c1Cl.Cl. The standard InChI is InChI=1S/C25H22Cl3N5O2S.ClH/c1-15-23(28)33-12-6-9-20(24(33)30-15)35-14-17-18(26)10-11-19(22(17)27)32(2)21(34)13-29-25(36)31-16-7-4-3-5-8-16;/h3-12H,13-14H2,1-2H3,(H2,29,31,36);1H. The van der Waals surface area contributed by atoms with Crippen LogP contribution in [0.1, 0.15) is 11.3 Å². The summed E-state index contributed by atoms with van der Waals surface area (Å²) in [6, 6.07) is 16.4. The number of anilines is 2. The van der Waals surface area contributed by atoms with Gasteiger partial charge in [-0.1, -0.05) is 53.0 Å². The van der Waals surface area contributed by atoms with E-state index in [9.17, 15) is 4.79 Å². The molecule has 2 aromatic carbocycles. The molecule has 0 aliphatic carbocycles. The Labute approximate surface area is 241 Å². The van der Waals surface area contributed by atoms with E-state index in [2.05, 4.69) is 15.6 Å². The third-order valence-corrected chi connectivity index (χ3v) is 6.90. The predicted octanol–water partition coefficient (Wildman–Crippen LogP) is 6.55. The Morgan fingerprint density at radius 3 is 2.57 bits per heavy atom. The quantitative estimate of drug-likeness (QED) is 0.235. The Morgan fingerprint density at radius 1 is 1.11 bits per heavy atom. The summed E-state index contributed by atoms with van der Waals surface area (Å²) in [6.07, 6.45) is 1.81. The zero-order valence-electron chi connectivity index (χ0n) is 19.8. The number of ether oxygens (including phenoxy) is 1. The number of nitrogens with zero attached hydrogens (tertiary/aromatic N) is 3. The van der Waals surface area contributed by atoms with Gasteiger partial charge in [-0.2, -0.15) is 0 Å². The van der Waals surface area contributed by atoms with Crippen LogP contribution in [0.25, 0.3) is 5.65 Å². The second-order valence-corrected chi connectivity index (χ2v) is 9.38. The smallest absolute Gasteiger partial charge is 0.246 e. The Bertz CT molecular complexity index is 1430. The minimum atomic E-state index is -0.240. The fourth-order valence-electron chi connectivity index (χ4n) is 3.47. The van der Waals surface area contributed by atoms with Crippen LogP contribution in [-0.2, 0) is 11.4 Å². The highest BCUT2D eigenvalue weighted by molar-refractivity contribution is 7.80. The number of likely N-dealkylation sites (N-methyl/N-ethyl adjacent to an activating group) is 1. The molecule has 2 aromatic heterocycles. The van der Waals surface area contributed by atoms with Gasteiger partial charge in [0.1, 0.15) is 11.8 Å². The van der Waals surface area contributed by atoms with Gasteiger partial charge in [0.05, 0.1) is 22.9 Å². The molecule has 1 amide bonds. The minimum absolute atomic E-state index is 0. The third-order valence-electron chi connectivity index (χ3n) is 5.42. The summed E-state index contributed by atoms with van der Waals surface area (Å²) in [5.74, 6) is 0.286. The van der Waals surface area contributed by atoms with Gasteiger partial charge in [-0.3, -0.25) is 9.20 Å². The van der Waals surface area contributed by atoms with Crippen molar-refractivity contribution in [2.24, 2.45) is 0 Å². The van der Waals surface area contributed by atoms with Crippen molar-refractivity contribution < 1.29 is 9.53 Å². The number of hydrogen-bond acceptors (Lipinski definition) is 4. The van der Waals surface area contributed by atoms with Crippen molar-refractivity contribution in [2.45, 2.75) is 13.5 Å². The number of thiocarbonyl (C=S) groups is 1. The lowest BCUT2D eigenvalue weighted by Crippen LogP contribution is -2.40. The number of carbonyl (C=O) groups excluding carboxylic acids is 1. The largest absolute Gasteiger partial charge is 0.485 e. The number of halogens is 4. The van der Waals surface area contributed by atoms with Crippen molar-refractivity contribution in [3.63, 3.8) is 0 Å². The van der Waals surface area contributed by atoms with E-state index in [0.717, 1.165) is 5.69 Å². The maximum absolute atomic E-state index is 12.8. The monoisotopic (exact) mass is 597 g/mol.